The number of hydrogen-bond acceptors (Lipinski definition) is 1. The summed E-state index contributed by atoms with van der Waals surface area (Å²) in [6.07, 6.45) is 0.837. The van der Waals surface area contributed by atoms with Crippen LogP contribution in [0.2, 0.25) is 5.02 Å². The molecule has 2 rings (SSSR count). The van der Waals surface area contributed by atoms with E-state index in [1.54, 1.807) is 0 Å². The number of alkyl halides is 1. The fourth-order valence-corrected chi connectivity index (χ4v) is 2.93. The molecule has 1 nitrogen and oxygen atoms in total. The maximum atomic E-state index is 6.20. The van der Waals surface area contributed by atoms with Gasteiger partial charge < -0.3 is 4.74 Å². The highest BCUT2D eigenvalue weighted by molar-refractivity contribution is 9.09. The third-order valence-electron chi connectivity index (χ3n) is 2.91. The summed E-state index contributed by atoms with van der Waals surface area (Å²) in [5.74, 6) is 0.930. The second-order valence-electron chi connectivity index (χ2n) is 4.23. The molecule has 0 aliphatic heterocycles. The monoisotopic (exact) mass is 338 g/mol. The molecule has 0 heterocycles. The first-order valence-electron chi connectivity index (χ1n) is 6.31. The van der Waals surface area contributed by atoms with Crippen LogP contribution in [-0.2, 0) is 6.42 Å². The Kier molecular flexibility index (Phi) is 5.29. The van der Waals surface area contributed by atoms with Crippen LogP contribution in [0.5, 0.6) is 5.75 Å². The minimum Gasteiger partial charge on any atom is -0.494 e. The predicted octanol–water partition coefficient (Wildman–Crippen LogP) is 5.42. The first-order chi connectivity index (χ1) is 9.22. The third-order valence-corrected chi connectivity index (χ3v) is 4.10. The lowest BCUT2D eigenvalue weighted by Crippen LogP contribution is -2.01. The van der Waals surface area contributed by atoms with Crippen LogP contribution in [0, 0.1) is 0 Å². The second kappa shape index (κ2) is 6.97. The van der Waals surface area contributed by atoms with Gasteiger partial charge >= 0.3 is 0 Å². The van der Waals surface area contributed by atoms with Crippen LogP contribution < -0.4 is 4.74 Å². The molecule has 0 bridgehead atoms. The lowest BCUT2D eigenvalue weighted by molar-refractivity contribution is 0.336. The van der Waals surface area contributed by atoms with E-state index < -0.39 is 0 Å². The summed E-state index contributed by atoms with van der Waals surface area (Å²) in [5.41, 5.74) is 2.29. The molecule has 1 unspecified atom stereocenters. The molecule has 0 N–H and O–H groups in total. The fourth-order valence-electron chi connectivity index (χ4n) is 1.99. The van der Waals surface area contributed by atoms with Gasteiger partial charge in [0.25, 0.3) is 0 Å². The zero-order valence-corrected chi connectivity index (χ0v) is 13.1. The third kappa shape index (κ3) is 3.74. The topological polar surface area (TPSA) is 9.23 Å². The average Bonchev–Trinajstić information content (AvgIpc) is 2.42. The largest absolute Gasteiger partial charge is 0.494 e. The summed E-state index contributed by atoms with van der Waals surface area (Å²) in [5, 5.41) is 0.806. The molecule has 0 fully saturated rings. The summed E-state index contributed by atoms with van der Waals surface area (Å²) in [4.78, 5) is 0.190. The van der Waals surface area contributed by atoms with E-state index in [1.807, 2.05) is 43.3 Å². The quantitative estimate of drug-likeness (QED) is 0.661. The Morgan fingerprint density at radius 2 is 1.79 bits per heavy atom. The van der Waals surface area contributed by atoms with Crippen molar-refractivity contribution in [3.8, 4) is 5.75 Å². The van der Waals surface area contributed by atoms with Gasteiger partial charge in [0.05, 0.1) is 6.61 Å². The molecule has 100 valence electrons. The van der Waals surface area contributed by atoms with Gasteiger partial charge in [-0.25, -0.2) is 0 Å². The van der Waals surface area contributed by atoms with Gasteiger partial charge in [-0.2, -0.15) is 0 Å². The summed E-state index contributed by atoms with van der Waals surface area (Å²) in [6, 6.07) is 16.0. The molecule has 2 aromatic carbocycles. The zero-order valence-electron chi connectivity index (χ0n) is 10.8. The number of halogens is 2. The number of hydrogen-bond donors (Lipinski definition) is 0. The molecule has 3 heteroatoms. The Morgan fingerprint density at radius 1 is 1.11 bits per heavy atom. The normalized spacial score (nSPS) is 12.2. The molecule has 0 radical (unpaired) electrons. The standard InChI is InChI=1S/C16H16BrClO/c1-2-19-16-10-6-4-8-13(16)14(17)11-12-7-3-5-9-15(12)18/h3-10,14H,2,11H2,1H3. The van der Waals surface area contributed by atoms with Crippen LogP contribution in [0.4, 0.5) is 0 Å². The summed E-state index contributed by atoms with van der Waals surface area (Å²) < 4.78 is 5.66. The molecule has 1 atom stereocenters. The maximum Gasteiger partial charge on any atom is 0.123 e. The fraction of sp³-hybridized carbons (Fsp3) is 0.250. The van der Waals surface area contributed by atoms with Gasteiger partial charge in [0, 0.05) is 15.4 Å². The van der Waals surface area contributed by atoms with Gasteiger partial charge in [0.15, 0.2) is 0 Å². The van der Waals surface area contributed by atoms with Crippen molar-refractivity contribution in [2.75, 3.05) is 6.61 Å². The van der Waals surface area contributed by atoms with E-state index in [9.17, 15) is 0 Å². The van der Waals surface area contributed by atoms with Crippen LogP contribution in [0.25, 0.3) is 0 Å². The van der Waals surface area contributed by atoms with Crippen molar-refractivity contribution in [2.24, 2.45) is 0 Å². The van der Waals surface area contributed by atoms with Crippen LogP contribution in [0.15, 0.2) is 48.5 Å². The van der Waals surface area contributed by atoms with Crippen LogP contribution >= 0.6 is 27.5 Å². The Morgan fingerprint density at radius 3 is 2.53 bits per heavy atom. The molecular formula is C16H16BrClO. The van der Waals surface area contributed by atoms with Crippen molar-refractivity contribution in [2.45, 2.75) is 18.2 Å². The van der Waals surface area contributed by atoms with Crippen molar-refractivity contribution in [3.63, 3.8) is 0 Å². The van der Waals surface area contributed by atoms with Crippen molar-refractivity contribution in [1.82, 2.24) is 0 Å². The van der Waals surface area contributed by atoms with E-state index in [0.717, 1.165) is 28.3 Å². The second-order valence-corrected chi connectivity index (χ2v) is 5.75. The Balaban J connectivity index is 2.20. The molecule has 2 aromatic rings. The SMILES string of the molecule is CCOc1ccccc1C(Br)Cc1ccccc1Cl. The lowest BCUT2D eigenvalue weighted by atomic mass is 10.0. The van der Waals surface area contributed by atoms with Crippen LogP contribution in [0.3, 0.4) is 0 Å². The molecule has 0 saturated carbocycles. The highest BCUT2D eigenvalue weighted by Crippen LogP contribution is 2.35. The molecule has 19 heavy (non-hydrogen) atoms. The van der Waals surface area contributed by atoms with E-state index in [-0.39, 0.29) is 4.83 Å². The molecular weight excluding hydrogens is 324 g/mol. The lowest BCUT2D eigenvalue weighted by Gasteiger charge is -2.15. The van der Waals surface area contributed by atoms with Gasteiger partial charge in [0.2, 0.25) is 0 Å². The molecule has 0 aliphatic rings. The summed E-state index contributed by atoms with van der Waals surface area (Å²) in [7, 11) is 0. The van der Waals surface area contributed by atoms with Crippen LogP contribution in [-0.4, -0.2) is 6.61 Å². The van der Waals surface area contributed by atoms with Crippen molar-refractivity contribution in [1.29, 1.82) is 0 Å². The number of ether oxygens (including phenoxy) is 1. The Bertz CT molecular complexity index is 542. The molecule has 0 saturated heterocycles. The minimum atomic E-state index is 0.190. The highest BCUT2D eigenvalue weighted by atomic mass is 79.9. The van der Waals surface area contributed by atoms with Gasteiger partial charge in [-0.3, -0.25) is 0 Å². The van der Waals surface area contributed by atoms with E-state index in [4.69, 9.17) is 16.3 Å². The predicted molar refractivity (Wildman–Crippen MR) is 84.4 cm³/mol. The molecule has 0 aliphatic carbocycles. The summed E-state index contributed by atoms with van der Waals surface area (Å²) in [6.45, 7) is 2.66. The van der Waals surface area contributed by atoms with Crippen LogP contribution in [0.1, 0.15) is 22.9 Å². The Hall–Kier alpha value is -0.990. The van der Waals surface area contributed by atoms with E-state index >= 15 is 0 Å². The number of rotatable bonds is 5. The first kappa shape index (κ1) is 14.4. The zero-order chi connectivity index (χ0) is 13.7. The van der Waals surface area contributed by atoms with E-state index in [1.165, 1.54) is 0 Å². The van der Waals surface area contributed by atoms with Gasteiger partial charge in [-0.1, -0.05) is 63.9 Å². The molecule has 0 spiro atoms. The van der Waals surface area contributed by atoms with Crippen molar-refractivity contribution >= 4 is 27.5 Å². The highest BCUT2D eigenvalue weighted by Gasteiger charge is 2.14. The maximum absolute atomic E-state index is 6.20. The average molecular weight is 340 g/mol. The Labute approximate surface area is 127 Å². The van der Waals surface area contributed by atoms with Crippen molar-refractivity contribution in [3.05, 3.63) is 64.7 Å². The number of benzene rings is 2. The smallest absolute Gasteiger partial charge is 0.123 e. The van der Waals surface area contributed by atoms with Gasteiger partial charge in [0.1, 0.15) is 5.75 Å². The first-order valence-corrected chi connectivity index (χ1v) is 7.61. The molecule has 0 amide bonds. The minimum absolute atomic E-state index is 0.190. The van der Waals surface area contributed by atoms with Gasteiger partial charge in [-0.15, -0.1) is 0 Å². The van der Waals surface area contributed by atoms with E-state index in [0.29, 0.717) is 6.61 Å². The van der Waals surface area contributed by atoms with E-state index in [2.05, 4.69) is 28.1 Å². The molecule has 0 aromatic heterocycles. The van der Waals surface area contributed by atoms with Crippen molar-refractivity contribution < 1.29 is 4.74 Å². The number of para-hydroxylation sites is 1. The van der Waals surface area contributed by atoms with Gasteiger partial charge in [-0.05, 0) is 31.0 Å². The summed E-state index contributed by atoms with van der Waals surface area (Å²) >= 11 is 9.94.